The first-order valence-corrected chi connectivity index (χ1v) is 6.24. The number of hydrogen-bond donors (Lipinski definition) is 2. The van der Waals surface area contributed by atoms with Crippen LogP contribution in [-0.4, -0.2) is 23.7 Å². The van der Waals surface area contributed by atoms with E-state index in [0.29, 0.717) is 23.0 Å². The van der Waals surface area contributed by atoms with Gasteiger partial charge in [0.05, 0.1) is 21.7 Å². The van der Waals surface area contributed by atoms with Crippen LogP contribution in [-0.2, 0) is 0 Å². The van der Waals surface area contributed by atoms with E-state index in [9.17, 15) is 4.79 Å². The van der Waals surface area contributed by atoms with Gasteiger partial charge in [0, 0.05) is 6.54 Å². The summed E-state index contributed by atoms with van der Waals surface area (Å²) in [6, 6.07) is 4.97. The first-order chi connectivity index (χ1) is 8.08. The highest BCUT2D eigenvalue weighted by atomic mass is 35.5. The van der Waals surface area contributed by atoms with Crippen molar-refractivity contribution < 1.29 is 9.90 Å². The minimum Gasteiger partial charge on any atom is -0.393 e. The smallest absolute Gasteiger partial charge is 0.252 e. The lowest BCUT2D eigenvalue weighted by Crippen LogP contribution is -2.38. The number of aliphatic hydroxyl groups excluding tert-OH is 1. The molecule has 2 rings (SSSR count). The molecule has 1 aromatic rings. The zero-order valence-electron chi connectivity index (χ0n) is 9.12. The van der Waals surface area contributed by atoms with Gasteiger partial charge in [-0.1, -0.05) is 29.3 Å². The van der Waals surface area contributed by atoms with Crippen LogP contribution in [0.4, 0.5) is 0 Å². The summed E-state index contributed by atoms with van der Waals surface area (Å²) in [7, 11) is 0. The fraction of sp³-hybridized carbons (Fsp3) is 0.417. The number of halogens is 2. The van der Waals surface area contributed by atoms with E-state index < -0.39 is 0 Å². The van der Waals surface area contributed by atoms with Gasteiger partial charge >= 0.3 is 0 Å². The van der Waals surface area contributed by atoms with Crippen molar-refractivity contribution in [1.82, 2.24) is 5.32 Å². The van der Waals surface area contributed by atoms with Crippen LogP contribution in [0.15, 0.2) is 18.2 Å². The Morgan fingerprint density at radius 3 is 2.76 bits per heavy atom. The molecule has 2 N–H and O–H groups in total. The number of nitrogens with one attached hydrogen (secondary N) is 1. The van der Waals surface area contributed by atoms with E-state index in [1.54, 1.807) is 18.2 Å². The molecule has 0 aliphatic heterocycles. The summed E-state index contributed by atoms with van der Waals surface area (Å²) in [6.07, 6.45) is 1.30. The van der Waals surface area contributed by atoms with Crippen LogP contribution < -0.4 is 5.32 Å². The molecule has 1 aromatic carbocycles. The summed E-state index contributed by atoms with van der Waals surface area (Å²) in [5, 5.41) is 12.6. The van der Waals surface area contributed by atoms with Crippen LogP contribution in [0.25, 0.3) is 0 Å². The summed E-state index contributed by atoms with van der Waals surface area (Å²) in [4.78, 5) is 11.8. The van der Waals surface area contributed by atoms with Crippen molar-refractivity contribution in [3.63, 3.8) is 0 Å². The van der Waals surface area contributed by atoms with E-state index >= 15 is 0 Å². The average Bonchev–Trinajstić information content (AvgIpc) is 2.26. The highest BCUT2D eigenvalue weighted by Gasteiger charge is 2.27. The molecule has 0 saturated heterocycles. The Morgan fingerprint density at radius 1 is 1.41 bits per heavy atom. The maximum atomic E-state index is 11.8. The summed E-state index contributed by atoms with van der Waals surface area (Å²) >= 11 is 11.8. The third-order valence-electron chi connectivity index (χ3n) is 2.96. The maximum absolute atomic E-state index is 11.8. The molecule has 1 aliphatic rings. The van der Waals surface area contributed by atoms with Crippen LogP contribution in [0.1, 0.15) is 23.2 Å². The van der Waals surface area contributed by atoms with Gasteiger partial charge in [0.25, 0.3) is 5.91 Å². The van der Waals surface area contributed by atoms with Crippen molar-refractivity contribution in [2.24, 2.45) is 5.92 Å². The van der Waals surface area contributed by atoms with Crippen LogP contribution >= 0.6 is 23.2 Å². The molecule has 3 nitrogen and oxygen atoms in total. The van der Waals surface area contributed by atoms with Gasteiger partial charge in [0.15, 0.2) is 0 Å². The van der Waals surface area contributed by atoms with Crippen molar-refractivity contribution in [2.75, 3.05) is 6.54 Å². The van der Waals surface area contributed by atoms with Crippen molar-refractivity contribution in [2.45, 2.75) is 18.9 Å². The molecule has 5 heteroatoms. The second-order valence-electron chi connectivity index (χ2n) is 4.30. The fourth-order valence-electron chi connectivity index (χ4n) is 1.88. The van der Waals surface area contributed by atoms with Gasteiger partial charge in [-0.05, 0) is 30.9 Å². The van der Waals surface area contributed by atoms with Crippen LogP contribution in [0.5, 0.6) is 0 Å². The lowest BCUT2D eigenvalue weighted by molar-refractivity contribution is 0.0420. The standard InChI is InChI=1S/C12H13Cl2NO2/c13-10-3-1-2-9(11(10)14)12(17)15-6-7-4-8(16)5-7/h1-3,7-8,16H,4-6H2,(H,15,17). The summed E-state index contributed by atoms with van der Waals surface area (Å²) in [5.41, 5.74) is 0.388. The Bertz CT molecular complexity index is 431. The minimum absolute atomic E-state index is 0.202. The summed E-state index contributed by atoms with van der Waals surface area (Å²) < 4.78 is 0. The Kier molecular flexibility index (Phi) is 3.92. The molecule has 17 heavy (non-hydrogen) atoms. The topological polar surface area (TPSA) is 49.3 Å². The lowest BCUT2D eigenvalue weighted by Gasteiger charge is -2.31. The average molecular weight is 274 g/mol. The zero-order valence-corrected chi connectivity index (χ0v) is 10.6. The third kappa shape index (κ3) is 2.92. The van der Waals surface area contributed by atoms with Crippen molar-refractivity contribution in [1.29, 1.82) is 0 Å². The number of aliphatic hydroxyl groups is 1. The Morgan fingerprint density at radius 2 is 2.12 bits per heavy atom. The van der Waals surface area contributed by atoms with E-state index in [2.05, 4.69) is 5.32 Å². The largest absolute Gasteiger partial charge is 0.393 e. The monoisotopic (exact) mass is 273 g/mol. The van der Waals surface area contributed by atoms with E-state index in [-0.39, 0.29) is 17.0 Å². The molecule has 0 heterocycles. The first kappa shape index (κ1) is 12.7. The van der Waals surface area contributed by atoms with E-state index in [0.717, 1.165) is 12.8 Å². The van der Waals surface area contributed by atoms with Gasteiger partial charge in [-0.15, -0.1) is 0 Å². The number of benzene rings is 1. The predicted octanol–water partition coefficient (Wildman–Crippen LogP) is 2.49. The number of carbonyl (C=O) groups excluding carboxylic acids is 1. The minimum atomic E-state index is -0.223. The van der Waals surface area contributed by atoms with Crippen molar-refractivity contribution >= 4 is 29.1 Å². The molecule has 1 fully saturated rings. The molecule has 0 atom stereocenters. The van der Waals surface area contributed by atoms with E-state index in [4.69, 9.17) is 28.3 Å². The molecule has 0 spiro atoms. The van der Waals surface area contributed by atoms with Crippen LogP contribution in [0.2, 0.25) is 10.0 Å². The SMILES string of the molecule is O=C(NCC1CC(O)C1)c1cccc(Cl)c1Cl. The van der Waals surface area contributed by atoms with E-state index in [1.807, 2.05) is 0 Å². The molecule has 1 aliphatic carbocycles. The van der Waals surface area contributed by atoms with E-state index in [1.165, 1.54) is 0 Å². The number of amides is 1. The molecule has 0 bridgehead atoms. The van der Waals surface area contributed by atoms with Crippen LogP contribution in [0.3, 0.4) is 0 Å². The predicted molar refractivity (Wildman–Crippen MR) is 67.5 cm³/mol. The molecule has 1 amide bonds. The molecule has 92 valence electrons. The fourth-order valence-corrected chi connectivity index (χ4v) is 2.26. The van der Waals surface area contributed by atoms with Gasteiger partial charge in [-0.2, -0.15) is 0 Å². The number of carbonyl (C=O) groups is 1. The molecule has 0 unspecified atom stereocenters. The Hall–Kier alpha value is -0.770. The lowest BCUT2D eigenvalue weighted by atomic mass is 9.82. The van der Waals surface area contributed by atoms with Crippen LogP contribution in [0, 0.1) is 5.92 Å². The van der Waals surface area contributed by atoms with Gasteiger partial charge in [-0.25, -0.2) is 0 Å². The van der Waals surface area contributed by atoms with Crippen molar-refractivity contribution in [3.05, 3.63) is 33.8 Å². The summed E-state index contributed by atoms with van der Waals surface area (Å²) in [5.74, 6) is 0.144. The molecule has 0 radical (unpaired) electrons. The first-order valence-electron chi connectivity index (χ1n) is 5.48. The molecule has 0 aromatic heterocycles. The second kappa shape index (κ2) is 5.25. The Balaban J connectivity index is 1.93. The van der Waals surface area contributed by atoms with Gasteiger partial charge in [0.1, 0.15) is 0 Å². The van der Waals surface area contributed by atoms with Gasteiger partial charge < -0.3 is 10.4 Å². The molecule has 1 saturated carbocycles. The third-order valence-corrected chi connectivity index (χ3v) is 3.78. The second-order valence-corrected chi connectivity index (χ2v) is 5.09. The normalized spacial score (nSPS) is 23.0. The van der Waals surface area contributed by atoms with Crippen molar-refractivity contribution in [3.8, 4) is 0 Å². The highest BCUT2D eigenvalue weighted by molar-refractivity contribution is 6.43. The molecular weight excluding hydrogens is 261 g/mol. The summed E-state index contributed by atoms with van der Waals surface area (Å²) in [6.45, 7) is 0.568. The maximum Gasteiger partial charge on any atom is 0.252 e. The quantitative estimate of drug-likeness (QED) is 0.889. The van der Waals surface area contributed by atoms with Gasteiger partial charge in [0.2, 0.25) is 0 Å². The number of rotatable bonds is 3. The molecular formula is C12H13Cl2NO2. The van der Waals surface area contributed by atoms with Gasteiger partial charge in [-0.3, -0.25) is 4.79 Å². The number of hydrogen-bond acceptors (Lipinski definition) is 2. The zero-order chi connectivity index (χ0) is 12.4. The highest BCUT2D eigenvalue weighted by Crippen LogP contribution is 2.27. The Labute approximate surface area is 110 Å².